The van der Waals surface area contributed by atoms with Crippen LogP contribution in [-0.4, -0.2) is 45.5 Å². The van der Waals surface area contributed by atoms with E-state index in [2.05, 4.69) is 15.5 Å². The highest BCUT2D eigenvalue weighted by Gasteiger charge is 2.42. The number of rotatable bonds is 5. The zero-order chi connectivity index (χ0) is 13.9. The molecule has 108 valence electrons. The summed E-state index contributed by atoms with van der Waals surface area (Å²) in [5.74, 6) is 0.409. The van der Waals surface area contributed by atoms with Crippen molar-refractivity contribution in [2.75, 3.05) is 6.54 Å². The van der Waals surface area contributed by atoms with Crippen LogP contribution >= 0.6 is 0 Å². The molecule has 1 aliphatic carbocycles. The molecule has 7 heteroatoms. The van der Waals surface area contributed by atoms with Crippen molar-refractivity contribution in [2.24, 2.45) is 0 Å². The molecule has 0 aromatic carbocycles. The number of hydrogen-bond acceptors (Lipinski definition) is 6. The number of imide groups is 1. The Morgan fingerprint density at radius 1 is 1.35 bits per heavy atom. The molecule has 20 heavy (non-hydrogen) atoms. The summed E-state index contributed by atoms with van der Waals surface area (Å²) in [6, 6.07) is -0.274. The van der Waals surface area contributed by atoms with Gasteiger partial charge >= 0.3 is 0 Å². The van der Waals surface area contributed by atoms with Crippen LogP contribution in [0.5, 0.6) is 0 Å². The van der Waals surface area contributed by atoms with Crippen LogP contribution in [0.2, 0.25) is 0 Å². The minimum Gasteiger partial charge on any atom is -0.340 e. The number of amides is 2. The summed E-state index contributed by atoms with van der Waals surface area (Å²) in [6.07, 6.45) is 6.29. The Balaban J connectivity index is 1.53. The fraction of sp³-hybridized carbons (Fsp3) is 0.692. The van der Waals surface area contributed by atoms with Gasteiger partial charge in [0.2, 0.25) is 17.7 Å². The van der Waals surface area contributed by atoms with Gasteiger partial charge < -0.3 is 9.84 Å². The number of nitrogens with one attached hydrogen (secondary N) is 1. The van der Waals surface area contributed by atoms with Crippen molar-refractivity contribution < 1.29 is 14.1 Å². The first-order valence-corrected chi connectivity index (χ1v) is 7.10. The van der Waals surface area contributed by atoms with Crippen LogP contribution in [0.25, 0.3) is 0 Å². The maximum atomic E-state index is 12.3. The van der Waals surface area contributed by atoms with Crippen LogP contribution in [-0.2, 0) is 16.0 Å². The molecular formula is C13H18N4O3. The average molecular weight is 278 g/mol. The minimum atomic E-state index is -0.397. The van der Waals surface area contributed by atoms with Crippen LogP contribution in [0.4, 0.5) is 0 Å². The quantitative estimate of drug-likeness (QED) is 0.778. The van der Waals surface area contributed by atoms with E-state index in [9.17, 15) is 9.59 Å². The molecule has 2 fully saturated rings. The number of carbonyl (C=O) groups excluding carboxylic acids is 2. The van der Waals surface area contributed by atoms with Gasteiger partial charge in [-0.2, -0.15) is 4.98 Å². The summed E-state index contributed by atoms with van der Waals surface area (Å²) in [6.45, 7) is 0.546. The molecule has 2 amide bonds. The third kappa shape index (κ3) is 2.58. The molecule has 0 radical (unpaired) electrons. The summed E-state index contributed by atoms with van der Waals surface area (Å²) in [4.78, 5) is 29.7. The van der Waals surface area contributed by atoms with Crippen LogP contribution in [0.1, 0.15) is 38.0 Å². The molecule has 1 N–H and O–H groups in total. The molecule has 7 nitrogen and oxygen atoms in total. The van der Waals surface area contributed by atoms with Crippen molar-refractivity contribution in [1.29, 1.82) is 0 Å². The maximum Gasteiger partial charge on any atom is 0.247 e. The van der Waals surface area contributed by atoms with Crippen LogP contribution in [0.15, 0.2) is 10.9 Å². The molecule has 1 atom stereocenters. The van der Waals surface area contributed by atoms with Crippen LogP contribution < -0.4 is 5.32 Å². The number of hydrogen-bond donors (Lipinski definition) is 1. The van der Waals surface area contributed by atoms with Gasteiger partial charge in [-0.05, 0) is 12.8 Å². The number of carbonyl (C=O) groups is 2. The number of likely N-dealkylation sites (tertiary alicyclic amines) is 1. The van der Waals surface area contributed by atoms with E-state index in [0.717, 1.165) is 25.7 Å². The lowest BCUT2D eigenvalue weighted by atomic mass is 10.2. The smallest absolute Gasteiger partial charge is 0.247 e. The summed E-state index contributed by atoms with van der Waals surface area (Å²) >= 11 is 0. The lowest BCUT2D eigenvalue weighted by Crippen LogP contribution is -2.43. The highest BCUT2D eigenvalue weighted by molar-refractivity contribution is 6.05. The third-order valence-corrected chi connectivity index (χ3v) is 4.01. The maximum absolute atomic E-state index is 12.3. The summed E-state index contributed by atoms with van der Waals surface area (Å²) < 4.78 is 4.89. The molecule has 2 heterocycles. The number of nitrogens with zero attached hydrogens (tertiary/aromatic N) is 3. The van der Waals surface area contributed by atoms with Gasteiger partial charge in [-0.1, -0.05) is 18.0 Å². The fourth-order valence-corrected chi connectivity index (χ4v) is 3.02. The van der Waals surface area contributed by atoms with Crippen molar-refractivity contribution in [3.05, 3.63) is 12.2 Å². The van der Waals surface area contributed by atoms with E-state index in [1.807, 2.05) is 0 Å². The molecule has 1 aromatic rings. The molecule has 1 saturated heterocycles. The Hall–Kier alpha value is -1.76. The van der Waals surface area contributed by atoms with E-state index in [1.165, 1.54) is 11.2 Å². The van der Waals surface area contributed by atoms with Gasteiger partial charge in [-0.25, -0.2) is 0 Å². The molecule has 0 bridgehead atoms. The van der Waals surface area contributed by atoms with Crippen molar-refractivity contribution in [1.82, 2.24) is 20.4 Å². The molecule has 1 unspecified atom stereocenters. The molecule has 1 aliphatic heterocycles. The van der Waals surface area contributed by atoms with Gasteiger partial charge in [0.05, 0.1) is 12.5 Å². The van der Waals surface area contributed by atoms with Gasteiger partial charge in [-0.15, -0.1) is 0 Å². The molecule has 3 rings (SSSR count). The van der Waals surface area contributed by atoms with Gasteiger partial charge in [0, 0.05) is 19.0 Å². The minimum absolute atomic E-state index is 0.0443. The highest BCUT2D eigenvalue weighted by atomic mass is 16.5. The topological polar surface area (TPSA) is 88.3 Å². The summed E-state index contributed by atoms with van der Waals surface area (Å²) in [7, 11) is 0. The highest BCUT2D eigenvalue weighted by Crippen LogP contribution is 2.28. The molecule has 1 aromatic heterocycles. The molecular weight excluding hydrogens is 260 g/mol. The van der Waals surface area contributed by atoms with Crippen LogP contribution in [0, 0.1) is 0 Å². The largest absolute Gasteiger partial charge is 0.340 e. The Kier molecular flexibility index (Phi) is 3.77. The monoisotopic (exact) mass is 278 g/mol. The Bertz CT molecular complexity index is 482. The van der Waals surface area contributed by atoms with Crippen molar-refractivity contribution in [2.45, 2.75) is 50.6 Å². The first-order valence-electron chi connectivity index (χ1n) is 7.10. The van der Waals surface area contributed by atoms with Gasteiger partial charge in [0.1, 0.15) is 0 Å². The Morgan fingerprint density at radius 3 is 2.85 bits per heavy atom. The average Bonchev–Trinajstić information content (AvgIpc) is 3.13. The second-order valence-electron chi connectivity index (χ2n) is 5.34. The molecule has 0 spiro atoms. The predicted octanol–water partition coefficient (Wildman–Crippen LogP) is 0.272. The number of aromatic nitrogens is 2. The first-order chi connectivity index (χ1) is 9.75. The Morgan fingerprint density at radius 2 is 2.15 bits per heavy atom. The van der Waals surface area contributed by atoms with Gasteiger partial charge in [0.25, 0.3) is 0 Å². The van der Waals surface area contributed by atoms with Crippen molar-refractivity contribution in [3.8, 4) is 0 Å². The fourth-order valence-electron chi connectivity index (χ4n) is 3.02. The third-order valence-electron chi connectivity index (χ3n) is 4.01. The zero-order valence-corrected chi connectivity index (χ0v) is 11.2. The summed E-state index contributed by atoms with van der Waals surface area (Å²) in [5, 5.41) is 6.63. The van der Waals surface area contributed by atoms with E-state index in [-0.39, 0.29) is 24.3 Å². The summed E-state index contributed by atoms with van der Waals surface area (Å²) in [5.41, 5.74) is 0. The standard InChI is InChI=1S/C13H18N4O3/c18-12-7-10(14-6-5-11-15-8-16-20-11)13(19)17(12)9-3-1-2-4-9/h8-10,14H,1-7H2. The zero-order valence-electron chi connectivity index (χ0n) is 11.2. The second-order valence-corrected chi connectivity index (χ2v) is 5.34. The second kappa shape index (κ2) is 5.70. The van der Waals surface area contributed by atoms with E-state index in [4.69, 9.17) is 4.52 Å². The van der Waals surface area contributed by atoms with E-state index >= 15 is 0 Å². The SMILES string of the molecule is O=C1CC(NCCc2ncno2)C(=O)N1C1CCCC1. The van der Waals surface area contributed by atoms with E-state index < -0.39 is 6.04 Å². The van der Waals surface area contributed by atoms with Crippen LogP contribution in [0.3, 0.4) is 0 Å². The Labute approximate surface area is 116 Å². The van der Waals surface area contributed by atoms with Crippen molar-refractivity contribution in [3.63, 3.8) is 0 Å². The van der Waals surface area contributed by atoms with E-state index in [0.29, 0.717) is 18.9 Å². The predicted molar refractivity (Wildman–Crippen MR) is 68.5 cm³/mol. The van der Waals surface area contributed by atoms with Gasteiger partial charge in [-0.3, -0.25) is 14.5 Å². The molecule has 2 aliphatic rings. The molecule has 1 saturated carbocycles. The lowest BCUT2D eigenvalue weighted by Gasteiger charge is -2.22. The van der Waals surface area contributed by atoms with E-state index in [1.54, 1.807) is 0 Å². The first kappa shape index (κ1) is 13.2. The van der Waals surface area contributed by atoms with Gasteiger partial charge in [0.15, 0.2) is 6.33 Å². The van der Waals surface area contributed by atoms with Crippen molar-refractivity contribution >= 4 is 11.8 Å². The normalized spacial score (nSPS) is 24.0. The lowest BCUT2D eigenvalue weighted by molar-refractivity contribution is -0.141.